The number of hydrogen-bond donors (Lipinski definition) is 0. The summed E-state index contributed by atoms with van der Waals surface area (Å²) in [6, 6.07) is 124. The molecule has 0 aliphatic rings. The van der Waals surface area contributed by atoms with E-state index in [2.05, 4.69) is 373 Å². The minimum Gasteiger partial charge on any atom is -0.309 e. The summed E-state index contributed by atoms with van der Waals surface area (Å²) in [5.74, 6) is 0. The van der Waals surface area contributed by atoms with Gasteiger partial charge < -0.3 is 32.0 Å². The standard InChI is InChI=1S/C90H57N6OP/c97-98(64-46-40-61(41-47-64)94-82-37-19-13-31-70(82)76-52-85-73(55-88(76)94)67-28-10-16-34-79(67)91(85)58-22-4-1-5-23-58,65-48-42-62(43-49-65)95-83-38-20-14-32-71(83)77-53-86-74(56-89(77)95)68-29-11-17-35-80(68)92(86)59-24-6-2-7-25-59)66-50-44-63(45-51-66)96-84-39-21-15-33-72(84)78-54-87-75(57-90(78)96)69-30-12-18-36-81(69)93(87)60-26-8-3-9-27-60/h1-57H. The van der Waals surface area contributed by atoms with E-state index in [1.54, 1.807) is 0 Å². The largest absolute Gasteiger partial charge is 0.309 e. The van der Waals surface area contributed by atoms with E-state index < -0.39 is 7.14 Å². The van der Waals surface area contributed by atoms with Crippen LogP contribution in [0.25, 0.3) is 165 Å². The Balaban J connectivity index is 0.743. The fraction of sp³-hybridized carbons (Fsp3) is 0. The van der Waals surface area contributed by atoms with Gasteiger partial charge in [0.2, 0.25) is 0 Å². The van der Waals surface area contributed by atoms with E-state index >= 15 is 4.57 Å². The molecule has 21 aromatic rings. The van der Waals surface area contributed by atoms with Gasteiger partial charge in [-0.15, -0.1) is 0 Å². The van der Waals surface area contributed by atoms with Gasteiger partial charge in [0.1, 0.15) is 0 Å². The van der Waals surface area contributed by atoms with Crippen molar-refractivity contribution in [2.24, 2.45) is 0 Å². The maximum Gasteiger partial charge on any atom is 0.171 e. The number of fused-ring (bicyclic) bond motifs is 18. The molecule has 0 atom stereocenters. The molecular weight excluding hydrogens is 1210 g/mol. The van der Waals surface area contributed by atoms with Crippen LogP contribution < -0.4 is 15.9 Å². The van der Waals surface area contributed by atoms with E-state index in [4.69, 9.17) is 0 Å². The summed E-state index contributed by atoms with van der Waals surface area (Å²) in [6.07, 6.45) is 0. The predicted molar refractivity (Wildman–Crippen MR) is 412 cm³/mol. The first kappa shape index (κ1) is 54.7. The van der Waals surface area contributed by atoms with Gasteiger partial charge in [-0.3, -0.25) is 0 Å². The fourth-order valence-electron chi connectivity index (χ4n) is 16.6. The number of benzene rings is 15. The Bertz CT molecular complexity index is 6250. The van der Waals surface area contributed by atoms with Crippen LogP contribution in [0, 0.1) is 0 Å². The van der Waals surface area contributed by atoms with Gasteiger partial charge in [0.25, 0.3) is 0 Å². The highest BCUT2D eigenvalue weighted by Gasteiger charge is 2.32. The molecule has 6 heterocycles. The van der Waals surface area contributed by atoms with Gasteiger partial charge in [0.05, 0.1) is 66.2 Å². The topological polar surface area (TPSA) is 46.6 Å². The molecule has 0 saturated heterocycles. The van der Waals surface area contributed by atoms with Crippen molar-refractivity contribution in [3.63, 3.8) is 0 Å². The van der Waals surface area contributed by atoms with Crippen LogP contribution in [0.2, 0.25) is 0 Å². The van der Waals surface area contributed by atoms with Crippen LogP contribution in [0.4, 0.5) is 0 Å². The van der Waals surface area contributed by atoms with Gasteiger partial charge in [-0.2, -0.15) is 0 Å². The Morgan fingerprint density at radius 3 is 0.510 bits per heavy atom. The van der Waals surface area contributed by atoms with Crippen molar-refractivity contribution in [2.45, 2.75) is 0 Å². The van der Waals surface area contributed by atoms with Gasteiger partial charge in [-0.25, -0.2) is 0 Å². The Hall–Kier alpha value is -12.7. The summed E-state index contributed by atoms with van der Waals surface area (Å²) in [4.78, 5) is 0. The molecule has 0 saturated carbocycles. The lowest BCUT2D eigenvalue weighted by Crippen LogP contribution is -2.25. The Morgan fingerprint density at radius 1 is 0.153 bits per heavy atom. The molecule has 6 aromatic heterocycles. The fourth-order valence-corrected chi connectivity index (χ4v) is 19.2. The molecule has 0 fully saturated rings. The molecule has 21 rings (SSSR count). The van der Waals surface area contributed by atoms with Gasteiger partial charge in [-0.05, 0) is 182 Å². The van der Waals surface area contributed by atoms with E-state index in [9.17, 15) is 0 Å². The normalized spacial score (nSPS) is 12.3. The van der Waals surface area contributed by atoms with Crippen molar-refractivity contribution in [3.8, 4) is 34.1 Å². The van der Waals surface area contributed by atoms with Crippen LogP contribution in [0.3, 0.4) is 0 Å². The molecule has 7 nitrogen and oxygen atoms in total. The Labute approximate surface area is 562 Å². The minimum atomic E-state index is -3.65. The molecule has 0 amide bonds. The SMILES string of the molecule is O=P(c1ccc(-n2c3ccccc3c3cc4c(cc32)c2ccccc2n4-c2ccccc2)cc1)(c1ccc(-n2c3ccccc3c3cc4c(cc32)c2ccccc2n4-c2ccccc2)cc1)c1ccc(-n2c3ccccc3c3cc4c(cc32)c2ccccc2n4-c2ccccc2)cc1. The van der Waals surface area contributed by atoms with Crippen LogP contribution in [-0.2, 0) is 4.57 Å². The highest BCUT2D eigenvalue weighted by atomic mass is 31.2. The van der Waals surface area contributed by atoms with Crippen LogP contribution in [0.5, 0.6) is 0 Å². The lowest BCUT2D eigenvalue weighted by atomic mass is 10.1. The third-order valence-electron chi connectivity index (χ3n) is 20.9. The van der Waals surface area contributed by atoms with E-state index in [0.717, 1.165) is 99.7 Å². The van der Waals surface area contributed by atoms with Gasteiger partial charge in [-0.1, -0.05) is 164 Å². The second-order valence-corrected chi connectivity index (χ2v) is 28.7. The molecule has 0 spiro atoms. The van der Waals surface area contributed by atoms with E-state index in [1.807, 2.05) is 0 Å². The van der Waals surface area contributed by atoms with Crippen molar-refractivity contribution in [1.82, 2.24) is 27.4 Å². The third-order valence-corrected chi connectivity index (χ3v) is 23.9. The quantitative estimate of drug-likeness (QED) is 0.133. The molecule has 0 radical (unpaired) electrons. The van der Waals surface area contributed by atoms with E-state index in [-0.39, 0.29) is 0 Å². The zero-order valence-corrected chi connectivity index (χ0v) is 53.8. The molecule has 8 heteroatoms. The third kappa shape index (κ3) is 7.79. The molecule has 0 aliphatic heterocycles. The highest BCUT2D eigenvalue weighted by Crippen LogP contribution is 2.47. The molecule has 458 valence electrons. The maximum absolute atomic E-state index is 17.4. The first-order chi connectivity index (χ1) is 48.5. The first-order valence-corrected chi connectivity index (χ1v) is 35.2. The lowest BCUT2D eigenvalue weighted by molar-refractivity contribution is 0.592. The minimum absolute atomic E-state index is 0.749. The monoisotopic (exact) mass is 1270 g/mol. The van der Waals surface area contributed by atoms with E-state index in [1.165, 1.54) is 81.2 Å². The van der Waals surface area contributed by atoms with Crippen molar-refractivity contribution in [1.29, 1.82) is 0 Å². The summed E-state index contributed by atoms with van der Waals surface area (Å²) in [7, 11) is -3.65. The van der Waals surface area contributed by atoms with Crippen molar-refractivity contribution >= 4 is 154 Å². The van der Waals surface area contributed by atoms with Crippen LogP contribution >= 0.6 is 7.14 Å². The Morgan fingerprint density at radius 2 is 0.316 bits per heavy atom. The van der Waals surface area contributed by atoms with Gasteiger partial charge in [0.15, 0.2) is 7.14 Å². The molecule has 98 heavy (non-hydrogen) atoms. The average molecular weight is 1270 g/mol. The summed E-state index contributed by atoms with van der Waals surface area (Å²) >= 11 is 0. The molecule has 0 aliphatic carbocycles. The van der Waals surface area contributed by atoms with Crippen LogP contribution in [0.15, 0.2) is 346 Å². The summed E-state index contributed by atoms with van der Waals surface area (Å²) in [6.45, 7) is 0. The highest BCUT2D eigenvalue weighted by molar-refractivity contribution is 7.85. The number of para-hydroxylation sites is 9. The first-order valence-electron chi connectivity index (χ1n) is 33.5. The summed E-state index contributed by atoms with van der Waals surface area (Å²) in [5.41, 5.74) is 20.0. The predicted octanol–water partition coefficient (Wildman–Crippen LogP) is 21.9. The van der Waals surface area contributed by atoms with E-state index in [0.29, 0.717) is 0 Å². The zero-order valence-electron chi connectivity index (χ0n) is 52.9. The zero-order chi connectivity index (χ0) is 64.3. The van der Waals surface area contributed by atoms with Gasteiger partial charge >= 0.3 is 0 Å². The average Bonchev–Trinajstić information content (AvgIpc) is 1.60. The lowest BCUT2D eigenvalue weighted by Gasteiger charge is -2.22. The molecular formula is C90H57N6OP. The second-order valence-electron chi connectivity index (χ2n) is 25.9. The van der Waals surface area contributed by atoms with Gasteiger partial charge in [0, 0.05) is 115 Å². The smallest absolute Gasteiger partial charge is 0.171 e. The summed E-state index contributed by atoms with van der Waals surface area (Å²) < 4.78 is 31.8. The number of hydrogen-bond acceptors (Lipinski definition) is 1. The molecule has 15 aromatic carbocycles. The molecule has 0 N–H and O–H groups in total. The maximum atomic E-state index is 17.4. The summed E-state index contributed by atoms with van der Waals surface area (Å²) in [5, 5.41) is 16.4. The molecule has 0 unspecified atom stereocenters. The molecule has 0 bridgehead atoms. The van der Waals surface area contributed by atoms with Crippen molar-refractivity contribution < 1.29 is 4.57 Å². The number of rotatable bonds is 9. The number of nitrogens with zero attached hydrogens (tertiary/aromatic N) is 6. The Kier molecular flexibility index (Phi) is 11.7. The van der Waals surface area contributed by atoms with Crippen LogP contribution in [-0.4, -0.2) is 27.4 Å². The van der Waals surface area contributed by atoms with Crippen molar-refractivity contribution in [3.05, 3.63) is 346 Å². The second kappa shape index (κ2) is 20.9. The van der Waals surface area contributed by atoms with Crippen molar-refractivity contribution in [2.75, 3.05) is 0 Å². The van der Waals surface area contributed by atoms with Crippen LogP contribution in [0.1, 0.15) is 0 Å². The number of aromatic nitrogens is 6.